The molecule has 0 aliphatic heterocycles. The molecule has 18 heavy (non-hydrogen) atoms. The zero-order chi connectivity index (χ0) is 12.4. The summed E-state index contributed by atoms with van der Waals surface area (Å²) < 4.78 is 1.07. The van der Waals surface area contributed by atoms with Gasteiger partial charge in [0.25, 0.3) is 0 Å². The molecule has 0 fully saturated rings. The molecule has 0 spiro atoms. The molecule has 2 aromatic heterocycles. The molecule has 88 valence electrons. The van der Waals surface area contributed by atoms with Gasteiger partial charge in [-0.2, -0.15) is 0 Å². The van der Waals surface area contributed by atoms with E-state index in [0.717, 1.165) is 26.4 Å². The summed E-state index contributed by atoms with van der Waals surface area (Å²) in [4.78, 5) is 12.9. The van der Waals surface area contributed by atoms with E-state index in [1.165, 1.54) is 0 Å². The van der Waals surface area contributed by atoms with E-state index in [1.54, 1.807) is 29.9 Å². The monoisotopic (exact) mass is 317 g/mol. The van der Waals surface area contributed by atoms with E-state index in [2.05, 4.69) is 30.9 Å². The summed E-state index contributed by atoms with van der Waals surface area (Å²) in [6.07, 6.45) is 5.06. The Kier molecular flexibility index (Phi) is 3.17. The first-order valence-electron chi connectivity index (χ1n) is 5.31. The lowest BCUT2D eigenvalue weighted by molar-refractivity contribution is 1.19. The first kappa shape index (κ1) is 11.5. The predicted octanol–water partition coefficient (Wildman–Crippen LogP) is 4.03. The second-order valence-electron chi connectivity index (χ2n) is 3.64. The Morgan fingerprint density at radius 2 is 1.83 bits per heavy atom. The van der Waals surface area contributed by atoms with Gasteiger partial charge in [0.15, 0.2) is 0 Å². The highest BCUT2D eigenvalue weighted by Gasteiger charge is 2.07. The fourth-order valence-corrected chi connectivity index (χ4v) is 2.61. The van der Waals surface area contributed by atoms with Crippen LogP contribution in [-0.4, -0.2) is 15.0 Å². The van der Waals surface area contributed by atoms with E-state index >= 15 is 0 Å². The van der Waals surface area contributed by atoms with Crippen LogP contribution in [0.3, 0.4) is 0 Å². The van der Waals surface area contributed by atoms with Crippen molar-refractivity contribution >= 4 is 27.3 Å². The minimum absolute atomic E-state index is 0.811. The van der Waals surface area contributed by atoms with Crippen LogP contribution in [-0.2, 0) is 0 Å². The van der Waals surface area contributed by atoms with Crippen LogP contribution in [0.15, 0.2) is 52.7 Å². The molecule has 3 nitrogen and oxygen atoms in total. The van der Waals surface area contributed by atoms with E-state index in [4.69, 9.17) is 0 Å². The number of hydrogen-bond acceptors (Lipinski definition) is 4. The molecule has 0 N–H and O–H groups in total. The maximum Gasteiger partial charge on any atom is 0.144 e. The third-order valence-electron chi connectivity index (χ3n) is 2.43. The first-order valence-corrected chi connectivity index (χ1v) is 6.98. The lowest BCUT2D eigenvalue weighted by Crippen LogP contribution is -1.83. The van der Waals surface area contributed by atoms with Crippen LogP contribution in [0.2, 0.25) is 0 Å². The Hall–Kier alpha value is -1.59. The summed E-state index contributed by atoms with van der Waals surface area (Å²) in [6.45, 7) is 0. The van der Waals surface area contributed by atoms with Crippen molar-refractivity contribution in [3.63, 3.8) is 0 Å². The van der Waals surface area contributed by atoms with Gasteiger partial charge in [0.1, 0.15) is 10.7 Å². The van der Waals surface area contributed by atoms with Crippen molar-refractivity contribution in [2.75, 3.05) is 0 Å². The van der Waals surface area contributed by atoms with Gasteiger partial charge in [-0.1, -0.05) is 28.1 Å². The second-order valence-corrected chi connectivity index (χ2v) is 5.41. The van der Waals surface area contributed by atoms with Crippen LogP contribution >= 0.6 is 27.3 Å². The van der Waals surface area contributed by atoms with Crippen molar-refractivity contribution in [1.29, 1.82) is 0 Å². The maximum atomic E-state index is 4.58. The number of hydrogen-bond donors (Lipinski definition) is 0. The lowest BCUT2D eigenvalue weighted by atomic mass is 10.2. The highest BCUT2D eigenvalue weighted by Crippen LogP contribution is 2.27. The minimum atomic E-state index is 0.811. The minimum Gasteiger partial charge on any atom is -0.261 e. The molecule has 1 aromatic carbocycles. The summed E-state index contributed by atoms with van der Waals surface area (Å²) in [5, 5.41) is 2.92. The third kappa shape index (κ3) is 2.32. The van der Waals surface area contributed by atoms with Crippen LogP contribution in [0.5, 0.6) is 0 Å². The number of rotatable bonds is 2. The summed E-state index contributed by atoms with van der Waals surface area (Å²) in [6, 6.07) is 8.10. The van der Waals surface area contributed by atoms with Gasteiger partial charge < -0.3 is 0 Å². The van der Waals surface area contributed by atoms with Gasteiger partial charge in [-0.3, -0.25) is 9.97 Å². The van der Waals surface area contributed by atoms with Crippen molar-refractivity contribution < 1.29 is 0 Å². The van der Waals surface area contributed by atoms with E-state index in [0.29, 0.717) is 0 Å². The number of nitrogens with zero attached hydrogens (tertiary/aromatic N) is 3. The third-order valence-corrected chi connectivity index (χ3v) is 3.82. The highest BCUT2D eigenvalue weighted by molar-refractivity contribution is 9.10. The molecule has 0 saturated heterocycles. The normalized spacial score (nSPS) is 10.5. The molecule has 0 atom stereocenters. The van der Waals surface area contributed by atoms with Crippen molar-refractivity contribution in [3.8, 4) is 22.0 Å². The summed E-state index contributed by atoms with van der Waals surface area (Å²) >= 11 is 5.00. The van der Waals surface area contributed by atoms with E-state index in [-0.39, 0.29) is 0 Å². The van der Waals surface area contributed by atoms with Gasteiger partial charge in [-0.05, 0) is 12.1 Å². The molecule has 2 heterocycles. The molecule has 0 saturated carbocycles. The van der Waals surface area contributed by atoms with Gasteiger partial charge in [-0.15, -0.1) is 11.3 Å². The van der Waals surface area contributed by atoms with Crippen LogP contribution in [0, 0.1) is 0 Å². The zero-order valence-electron chi connectivity index (χ0n) is 9.25. The van der Waals surface area contributed by atoms with Gasteiger partial charge >= 0.3 is 0 Å². The average Bonchev–Trinajstić information content (AvgIpc) is 2.90. The zero-order valence-corrected chi connectivity index (χ0v) is 11.6. The number of halogens is 1. The molecule has 0 unspecified atom stereocenters. The number of benzene rings is 1. The van der Waals surface area contributed by atoms with E-state index in [1.807, 2.05) is 29.6 Å². The van der Waals surface area contributed by atoms with Crippen LogP contribution in [0.1, 0.15) is 0 Å². The van der Waals surface area contributed by atoms with E-state index < -0.39 is 0 Å². The van der Waals surface area contributed by atoms with Gasteiger partial charge in [0, 0.05) is 27.8 Å². The van der Waals surface area contributed by atoms with Crippen molar-refractivity contribution in [2.45, 2.75) is 0 Å². The largest absolute Gasteiger partial charge is 0.261 e. The van der Waals surface area contributed by atoms with Gasteiger partial charge in [-0.25, -0.2) is 4.98 Å². The molecule has 5 heteroatoms. The molecular formula is C13H8BrN3S. The van der Waals surface area contributed by atoms with Crippen molar-refractivity contribution in [1.82, 2.24) is 15.0 Å². The van der Waals surface area contributed by atoms with Crippen LogP contribution in [0.25, 0.3) is 22.0 Å². The van der Waals surface area contributed by atoms with Gasteiger partial charge in [0.2, 0.25) is 0 Å². The average molecular weight is 318 g/mol. The molecule has 0 bridgehead atoms. The Morgan fingerprint density at radius 3 is 2.56 bits per heavy atom. The second kappa shape index (κ2) is 4.96. The van der Waals surface area contributed by atoms with Crippen LogP contribution in [0.4, 0.5) is 0 Å². The topological polar surface area (TPSA) is 38.7 Å². The quantitative estimate of drug-likeness (QED) is 0.716. The standard InChI is InChI=1S/C13H8BrN3S/c14-10-3-1-9(2-4-10)12-8-18-13(17-12)11-7-15-5-6-16-11/h1-8H. The van der Waals surface area contributed by atoms with E-state index in [9.17, 15) is 0 Å². The Labute approximate surface area is 117 Å². The Balaban J connectivity index is 1.97. The SMILES string of the molecule is Brc1ccc(-c2csc(-c3cnccn3)n2)cc1. The van der Waals surface area contributed by atoms with Crippen LogP contribution < -0.4 is 0 Å². The molecule has 0 radical (unpaired) electrons. The molecule has 0 amide bonds. The highest BCUT2D eigenvalue weighted by atomic mass is 79.9. The number of aromatic nitrogens is 3. The summed E-state index contributed by atoms with van der Waals surface area (Å²) in [7, 11) is 0. The Morgan fingerprint density at radius 1 is 1.00 bits per heavy atom. The summed E-state index contributed by atoms with van der Waals surface area (Å²) in [5.41, 5.74) is 2.88. The fraction of sp³-hybridized carbons (Fsp3) is 0. The van der Waals surface area contributed by atoms with Gasteiger partial charge in [0.05, 0.1) is 11.9 Å². The Bertz CT molecular complexity index is 650. The molecule has 3 aromatic rings. The van der Waals surface area contributed by atoms with Crippen molar-refractivity contribution in [3.05, 3.63) is 52.7 Å². The predicted molar refractivity (Wildman–Crippen MR) is 76.3 cm³/mol. The smallest absolute Gasteiger partial charge is 0.144 e. The summed E-state index contributed by atoms with van der Waals surface area (Å²) in [5.74, 6) is 0. The number of thiazole rings is 1. The molecule has 0 aliphatic carbocycles. The fourth-order valence-electron chi connectivity index (χ4n) is 1.55. The molecular weight excluding hydrogens is 310 g/mol. The maximum absolute atomic E-state index is 4.58. The molecule has 0 aliphatic rings. The lowest BCUT2D eigenvalue weighted by Gasteiger charge is -1.96. The first-order chi connectivity index (χ1) is 8.83. The van der Waals surface area contributed by atoms with Crippen molar-refractivity contribution in [2.24, 2.45) is 0 Å². The molecule has 3 rings (SSSR count).